The quantitative estimate of drug-likeness (QED) is 0.722. The molecule has 2 nitrogen and oxygen atoms in total. The summed E-state index contributed by atoms with van der Waals surface area (Å²) >= 11 is 0. The summed E-state index contributed by atoms with van der Waals surface area (Å²) in [5.41, 5.74) is 2.01. The number of nitrogens with one attached hydrogen (secondary N) is 1. The average Bonchev–Trinajstić information content (AvgIpc) is 2.18. The van der Waals surface area contributed by atoms with Crippen LogP contribution >= 0.6 is 0 Å². The van der Waals surface area contributed by atoms with Crippen LogP contribution in [-0.4, -0.2) is 12.5 Å². The maximum Gasteiger partial charge on any atom is 0.224 e. The van der Waals surface area contributed by atoms with E-state index in [1.807, 2.05) is 31.2 Å². The summed E-state index contributed by atoms with van der Waals surface area (Å²) in [6.07, 6.45) is 1.43. The van der Waals surface area contributed by atoms with E-state index in [0.717, 1.165) is 24.1 Å². The molecule has 0 saturated carbocycles. The van der Waals surface area contributed by atoms with Crippen LogP contribution in [0.25, 0.3) is 0 Å². The molecule has 0 fully saturated rings. The van der Waals surface area contributed by atoms with Gasteiger partial charge in [-0.05, 0) is 6.42 Å². The Balaban J connectivity index is 2.44. The first-order valence-corrected chi connectivity index (χ1v) is 4.90. The van der Waals surface area contributed by atoms with Crippen LogP contribution in [0.15, 0.2) is 24.3 Å². The SMILES string of the molecule is [CH2-]c1ccc(CC(=O)NCCC)cc1. The molecule has 0 aliphatic rings. The lowest BCUT2D eigenvalue weighted by atomic mass is 10.1. The van der Waals surface area contributed by atoms with Crippen LogP contribution in [-0.2, 0) is 11.2 Å². The van der Waals surface area contributed by atoms with E-state index < -0.39 is 0 Å². The van der Waals surface area contributed by atoms with Crippen LogP contribution < -0.4 is 5.32 Å². The van der Waals surface area contributed by atoms with Crippen molar-refractivity contribution in [1.82, 2.24) is 5.32 Å². The van der Waals surface area contributed by atoms with Crippen LogP contribution in [0.2, 0.25) is 0 Å². The molecule has 1 amide bonds. The van der Waals surface area contributed by atoms with Crippen molar-refractivity contribution in [1.29, 1.82) is 0 Å². The van der Waals surface area contributed by atoms with Gasteiger partial charge in [-0.15, -0.1) is 12.1 Å². The lowest BCUT2D eigenvalue weighted by molar-refractivity contribution is -0.120. The van der Waals surface area contributed by atoms with E-state index in [-0.39, 0.29) is 5.91 Å². The molecule has 76 valence electrons. The molecule has 2 heteroatoms. The summed E-state index contributed by atoms with van der Waals surface area (Å²) in [5, 5.41) is 2.84. The van der Waals surface area contributed by atoms with Gasteiger partial charge >= 0.3 is 0 Å². The fourth-order valence-corrected chi connectivity index (χ4v) is 1.17. The highest BCUT2D eigenvalue weighted by Gasteiger charge is 1.99. The fourth-order valence-electron chi connectivity index (χ4n) is 1.17. The topological polar surface area (TPSA) is 29.1 Å². The summed E-state index contributed by atoms with van der Waals surface area (Å²) in [6.45, 7) is 6.59. The molecule has 0 unspecified atom stereocenters. The molecule has 1 N–H and O–H groups in total. The van der Waals surface area contributed by atoms with Gasteiger partial charge in [0.2, 0.25) is 5.91 Å². The normalized spacial score (nSPS) is 9.79. The minimum absolute atomic E-state index is 0.0867. The standard InChI is InChI=1S/C12H16NO/c1-3-8-13-12(14)9-11-6-4-10(2)5-7-11/h4-7H,2-3,8-9H2,1H3,(H,13,14)/q-1. The van der Waals surface area contributed by atoms with Gasteiger partial charge in [0, 0.05) is 13.0 Å². The smallest absolute Gasteiger partial charge is 0.224 e. The Hall–Kier alpha value is -1.44. The Morgan fingerprint density at radius 3 is 2.57 bits per heavy atom. The molecule has 0 aromatic heterocycles. The van der Waals surface area contributed by atoms with Gasteiger partial charge in [0.25, 0.3) is 0 Å². The van der Waals surface area contributed by atoms with E-state index in [1.54, 1.807) is 0 Å². The van der Waals surface area contributed by atoms with Gasteiger partial charge in [-0.3, -0.25) is 4.79 Å². The summed E-state index contributed by atoms with van der Waals surface area (Å²) < 4.78 is 0. The van der Waals surface area contributed by atoms with Crippen molar-refractivity contribution >= 4 is 5.91 Å². The van der Waals surface area contributed by atoms with Crippen molar-refractivity contribution in [3.05, 3.63) is 42.3 Å². The van der Waals surface area contributed by atoms with Crippen LogP contribution in [0.3, 0.4) is 0 Å². The van der Waals surface area contributed by atoms with Gasteiger partial charge in [0.15, 0.2) is 0 Å². The van der Waals surface area contributed by atoms with E-state index in [2.05, 4.69) is 12.2 Å². The summed E-state index contributed by atoms with van der Waals surface area (Å²) in [5.74, 6) is 0.0867. The van der Waals surface area contributed by atoms with Crippen molar-refractivity contribution in [2.45, 2.75) is 19.8 Å². The van der Waals surface area contributed by atoms with Crippen LogP contribution in [0, 0.1) is 6.92 Å². The zero-order valence-corrected chi connectivity index (χ0v) is 8.55. The van der Waals surface area contributed by atoms with Crippen molar-refractivity contribution in [2.75, 3.05) is 6.54 Å². The zero-order valence-electron chi connectivity index (χ0n) is 8.55. The Labute approximate surface area is 85.3 Å². The number of benzene rings is 1. The molecule has 0 aliphatic heterocycles. The second-order valence-electron chi connectivity index (χ2n) is 3.34. The van der Waals surface area contributed by atoms with Gasteiger partial charge in [-0.25, -0.2) is 0 Å². The van der Waals surface area contributed by atoms with E-state index in [9.17, 15) is 4.79 Å². The molecule has 0 aliphatic carbocycles. The summed E-state index contributed by atoms with van der Waals surface area (Å²) in [4.78, 5) is 11.3. The zero-order chi connectivity index (χ0) is 10.4. The maximum atomic E-state index is 11.3. The van der Waals surface area contributed by atoms with E-state index in [0.29, 0.717) is 6.42 Å². The van der Waals surface area contributed by atoms with Crippen molar-refractivity contribution in [3.8, 4) is 0 Å². The summed E-state index contributed by atoms with van der Waals surface area (Å²) in [7, 11) is 0. The van der Waals surface area contributed by atoms with Gasteiger partial charge in [0.05, 0.1) is 0 Å². The minimum Gasteiger partial charge on any atom is -0.356 e. The molecule has 1 aromatic carbocycles. The number of rotatable bonds is 4. The third-order valence-corrected chi connectivity index (χ3v) is 1.96. The predicted octanol–water partition coefficient (Wildman–Crippen LogP) is 1.94. The first-order valence-electron chi connectivity index (χ1n) is 4.90. The largest absolute Gasteiger partial charge is 0.356 e. The van der Waals surface area contributed by atoms with Crippen molar-refractivity contribution in [2.24, 2.45) is 0 Å². The molecule has 0 spiro atoms. The lowest BCUT2D eigenvalue weighted by Crippen LogP contribution is -2.25. The monoisotopic (exact) mass is 190 g/mol. The molecule has 0 saturated heterocycles. The van der Waals surface area contributed by atoms with E-state index in [4.69, 9.17) is 0 Å². The lowest BCUT2D eigenvalue weighted by Gasteiger charge is -2.06. The summed E-state index contributed by atoms with van der Waals surface area (Å²) in [6, 6.07) is 7.71. The first-order chi connectivity index (χ1) is 6.72. The molecular formula is C12H16NO-. The van der Waals surface area contributed by atoms with Gasteiger partial charge in [-0.2, -0.15) is 24.6 Å². The Morgan fingerprint density at radius 2 is 2.00 bits per heavy atom. The number of hydrogen-bond donors (Lipinski definition) is 1. The number of carbonyl (C=O) groups excluding carboxylic acids is 1. The molecule has 1 rings (SSSR count). The van der Waals surface area contributed by atoms with Gasteiger partial charge in [0.1, 0.15) is 0 Å². The van der Waals surface area contributed by atoms with E-state index >= 15 is 0 Å². The highest BCUT2D eigenvalue weighted by atomic mass is 16.1. The molecule has 0 bridgehead atoms. The maximum absolute atomic E-state index is 11.3. The van der Waals surface area contributed by atoms with Crippen molar-refractivity contribution < 1.29 is 4.79 Å². The van der Waals surface area contributed by atoms with Gasteiger partial charge in [-0.1, -0.05) is 12.5 Å². The third-order valence-electron chi connectivity index (χ3n) is 1.96. The molecule has 1 aromatic rings. The second-order valence-corrected chi connectivity index (χ2v) is 3.34. The average molecular weight is 190 g/mol. The van der Waals surface area contributed by atoms with Crippen LogP contribution in [0.5, 0.6) is 0 Å². The molecule has 0 atom stereocenters. The predicted molar refractivity (Wildman–Crippen MR) is 57.9 cm³/mol. The highest BCUT2D eigenvalue weighted by molar-refractivity contribution is 5.78. The van der Waals surface area contributed by atoms with Gasteiger partial charge < -0.3 is 5.32 Å². The second kappa shape index (κ2) is 5.32. The Kier molecular flexibility index (Phi) is 4.05. The first kappa shape index (κ1) is 10.6. The molecule has 14 heavy (non-hydrogen) atoms. The Morgan fingerprint density at radius 1 is 1.36 bits per heavy atom. The number of hydrogen-bond acceptors (Lipinski definition) is 1. The number of amides is 1. The molecular weight excluding hydrogens is 174 g/mol. The molecule has 0 heterocycles. The molecule has 0 radical (unpaired) electrons. The van der Waals surface area contributed by atoms with Crippen LogP contribution in [0.4, 0.5) is 0 Å². The minimum atomic E-state index is 0.0867. The van der Waals surface area contributed by atoms with E-state index in [1.165, 1.54) is 0 Å². The van der Waals surface area contributed by atoms with Crippen LogP contribution in [0.1, 0.15) is 24.5 Å². The fraction of sp³-hybridized carbons (Fsp3) is 0.333. The number of carbonyl (C=O) groups is 1. The highest BCUT2D eigenvalue weighted by Crippen LogP contribution is 2.03. The Bertz CT molecular complexity index is 290. The van der Waals surface area contributed by atoms with Crippen molar-refractivity contribution in [3.63, 3.8) is 0 Å². The third kappa shape index (κ3) is 3.52.